The van der Waals surface area contributed by atoms with Crippen LogP contribution < -0.4 is 5.32 Å². The average Bonchev–Trinajstić information content (AvgIpc) is 3.15. The summed E-state index contributed by atoms with van der Waals surface area (Å²) in [6, 6.07) is 3.96. The molecule has 0 aliphatic heterocycles. The second-order valence-corrected chi connectivity index (χ2v) is 6.94. The van der Waals surface area contributed by atoms with E-state index < -0.39 is 0 Å². The zero-order valence-corrected chi connectivity index (χ0v) is 13.0. The maximum Gasteiger partial charge on any atom is 0.220 e. The van der Waals surface area contributed by atoms with Gasteiger partial charge in [-0.2, -0.15) is 0 Å². The van der Waals surface area contributed by atoms with Crippen LogP contribution in [0.1, 0.15) is 43.9 Å². The van der Waals surface area contributed by atoms with Crippen LogP contribution in [0.5, 0.6) is 0 Å². The monoisotopic (exact) mass is 290 g/mol. The first-order valence-electron chi connectivity index (χ1n) is 8.10. The van der Waals surface area contributed by atoms with Gasteiger partial charge in [-0.05, 0) is 63.2 Å². The molecule has 116 valence electrons. The summed E-state index contributed by atoms with van der Waals surface area (Å²) in [4.78, 5) is 14.3. The molecule has 1 aromatic heterocycles. The van der Waals surface area contributed by atoms with E-state index in [9.17, 15) is 4.79 Å². The Bertz CT molecular complexity index is 469. The lowest BCUT2D eigenvalue weighted by Crippen LogP contribution is -2.35. The summed E-state index contributed by atoms with van der Waals surface area (Å²) in [6.45, 7) is 0.611. The average molecular weight is 290 g/mol. The molecule has 2 aliphatic rings. The third-order valence-electron chi connectivity index (χ3n) is 5.32. The van der Waals surface area contributed by atoms with Gasteiger partial charge in [0.2, 0.25) is 5.91 Å². The molecule has 1 aromatic rings. The number of carbonyl (C=O) groups excluding carboxylic acids is 1. The second kappa shape index (κ2) is 6.22. The maximum atomic E-state index is 12.2. The summed E-state index contributed by atoms with van der Waals surface area (Å²) >= 11 is 0. The van der Waals surface area contributed by atoms with Crippen molar-refractivity contribution in [3.05, 3.63) is 24.2 Å². The highest BCUT2D eigenvalue weighted by Gasteiger charge is 2.40. The first-order chi connectivity index (χ1) is 10.1. The van der Waals surface area contributed by atoms with Crippen LogP contribution in [0.3, 0.4) is 0 Å². The minimum atomic E-state index is 0.101. The third-order valence-corrected chi connectivity index (χ3v) is 5.32. The zero-order valence-electron chi connectivity index (χ0n) is 13.0. The van der Waals surface area contributed by atoms with Crippen molar-refractivity contribution >= 4 is 5.91 Å². The Balaban J connectivity index is 1.48. The molecule has 1 N–H and O–H groups in total. The van der Waals surface area contributed by atoms with Gasteiger partial charge in [-0.1, -0.05) is 6.42 Å². The van der Waals surface area contributed by atoms with Crippen molar-refractivity contribution in [1.82, 2.24) is 10.2 Å². The number of likely N-dealkylation sites (N-methyl/N-ethyl adjacent to an activating group) is 1. The van der Waals surface area contributed by atoms with E-state index in [-0.39, 0.29) is 11.9 Å². The van der Waals surface area contributed by atoms with Gasteiger partial charge in [-0.3, -0.25) is 9.69 Å². The van der Waals surface area contributed by atoms with Crippen molar-refractivity contribution in [2.75, 3.05) is 20.6 Å². The number of carbonyl (C=O) groups is 1. The summed E-state index contributed by atoms with van der Waals surface area (Å²) in [6.07, 6.45) is 7.76. The Labute approximate surface area is 126 Å². The molecule has 21 heavy (non-hydrogen) atoms. The quantitative estimate of drug-likeness (QED) is 0.876. The summed E-state index contributed by atoms with van der Waals surface area (Å²) < 4.78 is 5.47. The van der Waals surface area contributed by atoms with E-state index in [1.807, 2.05) is 26.2 Å². The molecule has 0 saturated heterocycles. The van der Waals surface area contributed by atoms with Crippen LogP contribution in [0.15, 0.2) is 22.8 Å². The van der Waals surface area contributed by atoms with Gasteiger partial charge in [-0.25, -0.2) is 0 Å². The number of hydrogen-bond acceptors (Lipinski definition) is 3. The molecule has 4 nitrogen and oxygen atoms in total. The number of furan rings is 1. The van der Waals surface area contributed by atoms with Crippen LogP contribution in [-0.4, -0.2) is 31.4 Å². The number of rotatable bonds is 6. The molecule has 2 fully saturated rings. The Morgan fingerprint density at radius 3 is 2.86 bits per heavy atom. The van der Waals surface area contributed by atoms with E-state index in [2.05, 4.69) is 10.2 Å². The highest BCUT2D eigenvalue weighted by Crippen LogP contribution is 2.49. The maximum absolute atomic E-state index is 12.2. The van der Waals surface area contributed by atoms with E-state index in [1.54, 1.807) is 6.26 Å². The number of fused-ring (bicyclic) bond motifs is 2. The highest BCUT2D eigenvalue weighted by atomic mass is 16.3. The lowest BCUT2D eigenvalue weighted by atomic mass is 9.86. The smallest absolute Gasteiger partial charge is 0.220 e. The van der Waals surface area contributed by atoms with Crippen LogP contribution in [0.4, 0.5) is 0 Å². The van der Waals surface area contributed by atoms with Gasteiger partial charge in [0.15, 0.2) is 0 Å². The lowest BCUT2D eigenvalue weighted by Gasteiger charge is -2.24. The predicted octanol–water partition coefficient (Wildman–Crippen LogP) is 2.82. The van der Waals surface area contributed by atoms with Gasteiger partial charge in [0, 0.05) is 13.0 Å². The van der Waals surface area contributed by atoms with Crippen molar-refractivity contribution in [3.63, 3.8) is 0 Å². The van der Waals surface area contributed by atoms with Crippen LogP contribution in [-0.2, 0) is 4.79 Å². The third kappa shape index (κ3) is 3.31. The van der Waals surface area contributed by atoms with E-state index in [4.69, 9.17) is 4.42 Å². The second-order valence-electron chi connectivity index (χ2n) is 6.94. The molecular weight excluding hydrogens is 264 g/mol. The molecule has 0 aromatic carbocycles. The summed E-state index contributed by atoms with van der Waals surface area (Å²) in [5.74, 6) is 3.46. The molecule has 0 radical (unpaired) electrons. The number of hydrogen-bond donors (Lipinski definition) is 1. The van der Waals surface area contributed by atoms with Gasteiger partial charge >= 0.3 is 0 Å². The molecular formula is C17H26N2O2. The molecule has 1 heterocycles. The fraction of sp³-hybridized carbons (Fsp3) is 0.706. The molecule has 0 unspecified atom stereocenters. The Kier molecular flexibility index (Phi) is 4.34. The first-order valence-corrected chi connectivity index (χ1v) is 8.10. The molecule has 4 heteroatoms. The Morgan fingerprint density at radius 1 is 1.43 bits per heavy atom. The molecule has 3 rings (SSSR count). The zero-order chi connectivity index (χ0) is 14.8. The molecule has 2 bridgehead atoms. The fourth-order valence-corrected chi connectivity index (χ4v) is 4.17. The molecule has 2 saturated carbocycles. The van der Waals surface area contributed by atoms with Gasteiger partial charge in [0.25, 0.3) is 0 Å². The van der Waals surface area contributed by atoms with E-state index in [0.29, 0.717) is 18.9 Å². The van der Waals surface area contributed by atoms with Crippen LogP contribution >= 0.6 is 0 Å². The summed E-state index contributed by atoms with van der Waals surface area (Å²) in [5.41, 5.74) is 0. The normalized spacial score (nSPS) is 29.0. The van der Waals surface area contributed by atoms with Crippen molar-refractivity contribution < 1.29 is 9.21 Å². The van der Waals surface area contributed by atoms with E-state index in [1.165, 1.54) is 25.7 Å². The number of amides is 1. The van der Waals surface area contributed by atoms with Crippen LogP contribution in [0.2, 0.25) is 0 Å². The van der Waals surface area contributed by atoms with Crippen LogP contribution in [0, 0.1) is 17.8 Å². The van der Waals surface area contributed by atoms with Crippen LogP contribution in [0.25, 0.3) is 0 Å². The van der Waals surface area contributed by atoms with Crippen molar-refractivity contribution in [2.24, 2.45) is 17.8 Å². The molecule has 4 atom stereocenters. The lowest BCUT2D eigenvalue weighted by molar-refractivity contribution is -0.122. The fourth-order valence-electron chi connectivity index (χ4n) is 4.17. The molecule has 2 aliphatic carbocycles. The predicted molar refractivity (Wildman–Crippen MR) is 81.7 cm³/mol. The van der Waals surface area contributed by atoms with Gasteiger partial charge in [-0.15, -0.1) is 0 Å². The number of nitrogens with zero attached hydrogens (tertiary/aromatic N) is 1. The Hall–Kier alpha value is -1.29. The van der Waals surface area contributed by atoms with Gasteiger partial charge in [0.05, 0.1) is 12.3 Å². The minimum Gasteiger partial charge on any atom is -0.468 e. The van der Waals surface area contributed by atoms with Gasteiger partial charge in [0.1, 0.15) is 5.76 Å². The minimum absolute atomic E-state index is 0.101. The molecule has 0 spiro atoms. The van der Waals surface area contributed by atoms with Crippen molar-refractivity contribution in [3.8, 4) is 0 Å². The largest absolute Gasteiger partial charge is 0.468 e. The van der Waals surface area contributed by atoms with E-state index in [0.717, 1.165) is 17.6 Å². The van der Waals surface area contributed by atoms with Crippen molar-refractivity contribution in [2.45, 2.75) is 38.1 Å². The summed E-state index contributed by atoms with van der Waals surface area (Å²) in [5, 5.41) is 3.10. The Morgan fingerprint density at radius 2 is 2.29 bits per heavy atom. The topological polar surface area (TPSA) is 45.5 Å². The number of nitrogens with one attached hydrogen (secondary N) is 1. The highest BCUT2D eigenvalue weighted by molar-refractivity contribution is 5.76. The summed E-state index contributed by atoms with van der Waals surface area (Å²) in [7, 11) is 4.02. The van der Waals surface area contributed by atoms with Crippen molar-refractivity contribution in [1.29, 1.82) is 0 Å². The van der Waals surface area contributed by atoms with Gasteiger partial charge < -0.3 is 9.73 Å². The van der Waals surface area contributed by atoms with E-state index >= 15 is 0 Å². The SMILES string of the molecule is CN(C)[C@@H](CNC(=O)C[C@H]1C[C@H]2CC[C@H]1C2)c1ccco1. The molecule has 1 amide bonds. The first kappa shape index (κ1) is 14.6. The standard InChI is InChI=1S/C17H26N2O2/c1-19(2)15(16-4-3-7-21-16)11-18-17(20)10-14-9-12-5-6-13(14)8-12/h3-4,7,12-15H,5-6,8-11H2,1-2H3,(H,18,20)/t12-,13-,14+,15-/m0/s1.